The Labute approximate surface area is 271 Å². The maximum Gasteiger partial charge on any atom is 0.141 e. The average molecular weight is 627 g/mol. The molecule has 13 heteroatoms. The van der Waals surface area contributed by atoms with Crippen LogP contribution >= 0.6 is 0 Å². The second-order valence-electron chi connectivity index (χ2n) is 10.7. The minimum absolute atomic E-state index is 0.454. The van der Waals surface area contributed by atoms with E-state index < -0.39 is 0 Å². The first-order valence-corrected chi connectivity index (χ1v) is 15.1. The highest BCUT2D eigenvalue weighted by Crippen LogP contribution is 2.28. The summed E-state index contributed by atoms with van der Waals surface area (Å²) in [6, 6.07) is 27.6. The average Bonchev–Trinajstić information content (AvgIpc) is 3.08. The molecule has 0 saturated heterocycles. The van der Waals surface area contributed by atoms with Crippen molar-refractivity contribution in [3.63, 3.8) is 0 Å². The molecule has 0 bridgehead atoms. The van der Waals surface area contributed by atoms with Crippen molar-refractivity contribution in [2.75, 3.05) is 36.9 Å². The van der Waals surface area contributed by atoms with Gasteiger partial charge >= 0.3 is 0 Å². The molecule has 0 amide bonds. The van der Waals surface area contributed by atoms with E-state index in [1.807, 2.05) is 60.7 Å². The van der Waals surface area contributed by atoms with E-state index in [1.165, 1.54) is 0 Å². The number of rotatable bonds is 14. The van der Waals surface area contributed by atoms with E-state index in [0.29, 0.717) is 49.3 Å². The molecule has 236 valence electrons. The third-order valence-corrected chi connectivity index (χ3v) is 6.99. The lowest BCUT2D eigenvalue weighted by atomic mass is 10.2. The fourth-order valence-corrected chi connectivity index (χ4v) is 4.76. The molecule has 0 unspecified atom stereocenters. The number of nitrogens with zero attached hydrogens (tertiary/aromatic N) is 8. The first-order chi connectivity index (χ1) is 23.1. The van der Waals surface area contributed by atoms with E-state index in [0.717, 1.165) is 44.3 Å². The maximum atomic E-state index is 5.64. The van der Waals surface area contributed by atoms with Crippen molar-refractivity contribution in [1.82, 2.24) is 30.8 Å². The molecule has 0 aliphatic heterocycles. The quantitative estimate of drug-likeness (QED) is 0.0543. The third kappa shape index (κ3) is 8.55. The van der Waals surface area contributed by atoms with Gasteiger partial charge < -0.3 is 15.4 Å². The summed E-state index contributed by atoms with van der Waals surface area (Å²) in [5.74, 6) is 1.42. The zero-order valence-electron chi connectivity index (χ0n) is 26.1. The van der Waals surface area contributed by atoms with Crippen molar-refractivity contribution in [1.29, 1.82) is 0 Å². The summed E-state index contributed by atoms with van der Waals surface area (Å²) in [6.07, 6.45) is 3.09. The summed E-state index contributed by atoms with van der Waals surface area (Å²) in [5, 5.41) is 25.2. The van der Waals surface area contributed by atoms with Crippen molar-refractivity contribution in [2.24, 2.45) is 20.7 Å². The standard InChI is InChI=1S/C34H34N12O/c1-23-5-3-7-25(17-23)41-33-29-19-27(9-11-31(29)35-21-37-33)43-45-39-13-15-47-16-14-40-46-44-28-10-12-32-30(20-28)34(38-22-36-32)42-26-8-4-6-24(2)18-26/h3-12,17-22H,13-16H2,1-2H3,(H,39,43)(H,40,44)(H,35,37,41)(H,36,38,42). The second-order valence-corrected chi connectivity index (χ2v) is 10.7. The van der Waals surface area contributed by atoms with E-state index in [1.54, 1.807) is 12.7 Å². The van der Waals surface area contributed by atoms with Gasteiger partial charge in [-0.15, -0.1) is 10.2 Å². The SMILES string of the molecule is Cc1cccc(Nc2ncnc3ccc(/N=N\NCCOCCN/N=N/c4ccc5ncnc(Nc6cccc(C)c6)c5c4)cc23)c1. The van der Waals surface area contributed by atoms with Gasteiger partial charge in [-0.25, -0.2) is 19.9 Å². The number of benzene rings is 4. The lowest BCUT2D eigenvalue weighted by molar-refractivity contribution is 0.137. The van der Waals surface area contributed by atoms with Gasteiger partial charge in [0, 0.05) is 22.1 Å². The number of anilines is 4. The highest BCUT2D eigenvalue weighted by Gasteiger charge is 2.07. The van der Waals surface area contributed by atoms with E-state index in [4.69, 9.17) is 4.74 Å². The van der Waals surface area contributed by atoms with Gasteiger partial charge in [-0.1, -0.05) is 34.7 Å². The van der Waals surface area contributed by atoms with Crippen molar-refractivity contribution < 1.29 is 4.74 Å². The summed E-state index contributed by atoms with van der Waals surface area (Å²) in [4.78, 5) is 17.6. The molecule has 0 saturated carbocycles. The van der Waals surface area contributed by atoms with Crippen LogP contribution in [0.2, 0.25) is 0 Å². The molecule has 0 aliphatic rings. The third-order valence-electron chi connectivity index (χ3n) is 6.99. The summed E-state index contributed by atoms with van der Waals surface area (Å²) in [6.45, 7) is 6.01. The summed E-state index contributed by atoms with van der Waals surface area (Å²) in [5.41, 5.74) is 13.1. The number of nitrogens with one attached hydrogen (secondary N) is 4. The molecule has 47 heavy (non-hydrogen) atoms. The first-order valence-electron chi connectivity index (χ1n) is 15.1. The summed E-state index contributed by atoms with van der Waals surface area (Å²) in [7, 11) is 0. The van der Waals surface area contributed by atoms with Crippen molar-refractivity contribution in [3.05, 3.63) is 109 Å². The number of hydrogen-bond donors (Lipinski definition) is 4. The van der Waals surface area contributed by atoms with Gasteiger partial charge in [0.05, 0.1) is 48.7 Å². The van der Waals surface area contributed by atoms with Gasteiger partial charge in [0.2, 0.25) is 0 Å². The van der Waals surface area contributed by atoms with Gasteiger partial charge in [0.25, 0.3) is 0 Å². The highest BCUT2D eigenvalue weighted by atomic mass is 16.5. The van der Waals surface area contributed by atoms with Gasteiger partial charge in [0.15, 0.2) is 0 Å². The lowest BCUT2D eigenvalue weighted by Crippen LogP contribution is -2.18. The van der Waals surface area contributed by atoms with Crippen LogP contribution in [0.4, 0.5) is 34.4 Å². The van der Waals surface area contributed by atoms with Gasteiger partial charge in [-0.2, -0.15) is 0 Å². The zero-order chi connectivity index (χ0) is 32.3. The van der Waals surface area contributed by atoms with E-state index >= 15 is 0 Å². The van der Waals surface area contributed by atoms with Crippen LogP contribution in [0.25, 0.3) is 21.8 Å². The van der Waals surface area contributed by atoms with Crippen LogP contribution in [0.5, 0.6) is 0 Å². The molecule has 13 nitrogen and oxygen atoms in total. The Bertz CT molecular complexity index is 1890. The molecule has 0 fully saturated rings. The Kier molecular flexibility index (Phi) is 10.1. The molecular formula is C34H34N12O. The molecule has 0 spiro atoms. The topological polar surface area (TPSA) is 158 Å². The predicted octanol–water partition coefficient (Wildman–Crippen LogP) is 7.57. The van der Waals surface area contributed by atoms with Crippen molar-refractivity contribution >= 4 is 56.2 Å². The fraction of sp³-hybridized carbons (Fsp3) is 0.176. The van der Waals surface area contributed by atoms with Crippen molar-refractivity contribution in [2.45, 2.75) is 13.8 Å². The van der Waals surface area contributed by atoms with Gasteiger partial charge in [-0.3, -0.25) is 10.9 Å². The molecular weight excluding hydrogens is 592 g/mol. The predicted molar refractivity (Wildman–Crippen MR) is 184 cm³/mol. The highest BCUT2D eigenvalue weighted by molar-refractivity contribution is 5.93. The fourth-order valence-electron chi connectivity index (χ4n) is 4.76. The second kappa shape index (κ2) is 15.3. The number of aryl methyl sites for hydroxylation is 2. The normalized spacial score (nSPS) is 11.4. The zero-order valence-corrected chi connectivity index (χ0v) is 26.1. The van der Waals surface area contributed by atoms with Crippen LogP contribution < -0.4 is 21.5 Å². The van der Waals surface area contributed by atoms with Crippen molar-refractivity contribution in [3.8, 4) is 0 Å². The largest absolute Gasteiger partial charge is 0.378 e. The van der Waals surface area contributed by atoms with Crippen LogP contribution in [0.1, 0.15) is 11.1 Å². The number of fused-ring (bicyclic) bond motifs is 2. The minimum atomic E-state index is 0.454. The molecule has 0 atom stereocenters. The molecule has 6 rings (SSSR count). The van der Waals surface area contributed by atoms with Crippen LogP contribution in [0.3, 0.4) is 0 Å². The Morgan fingerprint density at radius 3 is 1.53 bits per heavy atom. The van der Waals surface area contributed by atoms with E-state index in [-0.39, 0.29) is 0 Å². The number of aromatic nitrogens is 4. The number of hydrogen-bond acceptors (Lipinski definition) is 11. The Morgan fingerprint density at radius 1 is 0.574 bits per heavy atom. The Balaban J connectivity index is 0.922. The van der Waals surface area contributed by atoms with Crippen LogP contribution in [0, 0.1) is 13.8 Å². The van der Waals surface area contributed by atoms with E-state index in [9.17, 15) is 0 Å². The Morgan fingerprint density at radius 2 is 1.06 bits per heavy atom. The summed E-state index contributed by atoms with van der Waals surface area (Å²) >= 11 is 0. The molecule has 2 heterocycles. The van der Waals surface area contributed by atoms with Crippen LogP contribution in [-0.2, 0) is 4.74 Å². The molecule has 2 aromatic heterocycles. The monoisotopic (exact) mass is 626 g/mol. The molecule has 4 aromatic carbocycles. The smallest absolute Gasteiger partial charge is 0.141 e. The van der Waals surface area contributed by atoms with Crippen LogP contribution in [0.15, 0.2) is 118 Å². The molecule has 4 N–H and O–H groups in total. The maximum absolute atomic E-state index is 5.64. The minimum Gasteiger partial charge on any atom is -0.378 e. The first kappa shape index (κ1) is 30.9. The van der Waals surface area contributed by atoms with E-state index in [2.05, 4.69) is 100 Å². The van der Waals surface area contributed by atoms with Gasteiger partial charge in [-0.05, 0) is 85.6 Å². The van der Waals surface area contributed by atoms with Gasteiger partial charge in [0.1, 0.15) is 24.3 Å². The summed E-state index contributed by atoms with van der Waals surface area (Å²) < 4.78 is 5.64. The molecule has 0 aliphatic carbocycles. The molecule has 6 aromatic rings. The Hall–Kier alpha value is -6.08. The number of ether oxygens (including phenoxy) is 1. The molecule has 0 radical (unpaired) electrons. The lowest BCUT2D eigenvalue weighted by Gasteiger charge is -2.09. The van der Waals surface area contributed by atoms with Crippen LogP contribution in [-0.4, -0.2) is 46.2 Å².